The Balaban J connectivity index is 2.10. The molecule has 5 nitrogen and oxygen atoms in total. The van der Waals surface area contributed by atoms with Crippen LogP contribution < -0.4 is 11.1 Å². The lowest BCUT2D eigenvalue weighted by atomic mass is 10.0. The summed E-state index contributed by atoms with van der Waals surface area (Å²) in [7, 11) is 0. The first-order valence-electron chi connectivity index (χ1n) is 6.59. The Hall–Kier alpha value is -1.56. The van der Waals surface area contributed by atoms with Gasteiger partial charge in [-0.2, -0.15) is 0 Å². The Morgan fingerprint density at radius 2 is 2.20 bits per heavy atom. The highest BCUT2D eigenvalue weighted by atomic mass is 79.9. The summed E-state index contributed by atoms with van der Waals surface area (Å²) in [5, 5.41) is 2.87. The quantitative estimate of drug-likeness (QED) is 0.806. The summed E-state index contributed by atoms with van der Waals surface area (Å²) >= 11 is 3.33. The summed E-state index contributed by atoms with van der Waals surface area (Å²) < 4.78 is 0.848. The zero-order chi connectivity index (χ0) is 14.7. The van der Waals surface area contributed by atoms with E-state index in [1.807, 2.05) is 0 Å². The largest absolute Gasteiger partial charge is 0.398 e. The van der Waals surface area contributed by atoms with Gasteiger partial charge in [0.2, 0.25) is 5.91 Å². The van der Waals surface area contributed by atoms with Crippen molar-refractivity contribution in [2.75, 3.05) is 18.8 Å². The average molecular weight is 340 g/mol. The summed E-state index contributed by atoms with van der Waals surface area (Å²) in [5.74, 6) is -0.141. The van der Waals surface area contributed by atoms with Crippen molar-refractivity contribution in [3.05, 3.63) is 28.2 Å². The molecule has 1 atom stereocenters. The number of likely N-dealkylation sites (tertiary alicyclic amines) is 1. The van der Waals surface area contributed by atoms with Crippen LogP contribution in [-0.2, 0) is 4.79 Å². The Labute approximate surface area is 126 Å². The topological polar surface area (TPSA) is 75.4 Å². The number of halogens is 1. The molecular weight excluding hydrogens is 322 g/mol. The number of amides is 2. The average Bonchev–Trinajstić information content (AvgIpc) is 2.37. The number of hydrogen-bond acceptors (Lipinski definition) is 3. The lowest BCUT2D eigenvalue weighted by Gasteiger charge is -2.33. The Kier molecular flexibility index (Phi) is 4.65. The van der Waals surface area contributed by atoms with Crippen LogP contribution in [-0.4, -0.2) is 35.8 Å². The van der Waals surface area contributed by atoms with E-state index in [-0.39, 0.29) is 17.9 Å². The van der Waals surface area contributed by atoms with Gasteiger partial charge in [-0.3, -0.25) is 9.59 Å². The number of piperidine rings is 1. The van der Waals surface area contributed by atoms with Crippen LogP contribution in [0.4, 0.5) is 5.69 Å². The third-order valence-corrected chi connectivity index (χ3v) is 3.85. The molecule has 1 aromatic carbocycles. The number of nitrogens with two attached hydrogens (primary N) is 1. The summed E-state index contributed by atoms with van der Waals surface area (Å²) in [4.78, 5) is 25.3. The minimum Gasteiger partial charge on any atom is -0.398 e. The van der Waals surface area contributed by atoms with Crippen LogP contribution in [0.15, 0.2) is 22.7 Å². The van der Waals surface area contributed by atoms with Crippen molar-refractivity contribution in [3.8, 4) is 0 Å². The monoisotopic (exact) mass is 339 g/mol. The lowest BCUT2D eigenvalue weighted by Crippen LogP contribution is -2.49. The number of rotatable bonds is 2. The maximum Gasteiger partial charge on any atom is 0.256 e. The Morgan fingerprint density at radius 1 is 1.45 bits per heavy atom. The van der Waals surface area contributed by atoms with Gasteiger partial charge < -0.3 is 16.0 Å². The smallest absolute Gasteiger partial charge is 0.256 e. The standard InChI is InChI=1S/C14H18BrN3O2/c1-9(19)17-11-3-2-6-18(8-11)14(20)12-5-4-10(15)7-13(12)16/h4-5,7,11H,2-3,6,8,16H2,1H3,(H,17,19). The number of hydrogen-bond donors (Lipinski definition) is 2. The van der Waals surface area contributed by atoms with Crippen molar-refractivity contribution in [2.45, 2.75) is 25.8 Å². The first-order valence-corrected chi connectivity index (χ1v) is 7.38. The molecule has 108 valence electrons. The number of nitrogens with zero attached hydrogens (tertiary/aromatic N) is 1. The predicted octanol–water partition coefficient (Wildman–Crippen LogP) is 1.77. The van der Waals surface area contributed by atoms with E-state index in [1.54, 1.807) is 23.1 Å². The number of nitrogens with one attached hydrogen (secondary N) is 1. The van der Waals surface area contributed by atoms with Crippen molar-refractivity contribution in [1.29, 1.82) is 0 Å². The zero-order valence-corrected chi connectivity index (χ0v) is 12.9. The molecule has 3 N–H and O–H groups in total. The van der Waals surface area contributed by atoms with Crippen molar-refractivity contribution < 1.29 is 9.59 Å². The molecule has 20 heavy (non-hydrogen) atoms. The number of anilines is 1. The molecule has 6 heteroatoms. The van der Waals surface area contributed by atoms with Crippen LogP contribution in [0.2, 0.25) is 0 Å². The summed E-state index contributed by atoms with van der Waals surface area (Å²) in [5.41, 5.74) is 6.87. The fourth-order valence-corrected chi connectivity index (χ4v) is 2.84. The van der Waals surface area contributed by atoms with Crippen LogP contribution in [0.25, 0.3) is 0 Å². The second-order valence-electron chi connectivity index (χ2n) is 5.02. The number of carbonyl (C=O) groups is 2. The molecule has 1 aromatic rings. The van der Waals surface area contributed by atoms with E-state index < -0.39 is 0 Å². The van der Waals surface area contributed by atoms with Crippen LogP contribution in [0.1, 0.15) is 30.1 Å². The van der Waals surface area contributed by atoms with E-state index in [2.05, 4.69) is 21.2 Å². The van der Waals surface area contributed by atoms with E-state index in [0.717, 1.165) is 17.3 Å². The van der Waals surface area contributed by atoms with E-state index in [9.17, 15) is 9.59 Å². The SMILES string of the molecule is CC(=O)NC1CCCN(C(=O)c2ccc(Br)cc2N)C1. The molecule has 0 spiro atoms. The fraction of sp³-hybridized carbons (Fsp3) is 0.429. The van der Waals surface area contributed by atoms with Crippen molar-refractivity contribution >= 4 is 33.4 Å². The van der Waals surface area contributed by atoms with Gasteiger partial charge in [0, 0.05) is 36.2 Å². The van der Waals surface area contributed by atoms with E-state index in [4.69, 9.17) is 5.73 Å². The van der Waals surface area contributed by atoms with Gasteiger partial charge >= 0.3 is 0 Å². The van der Waals surface area contributed by atoms with Crippen molar-refractivity contribution in [2.24, 2.45) is 0 Å². The predicted molar refractivity (Wildman–Crippen MR) is 81.3 cm³/mol. The van der Waals surface area contributed by atoms with Gasteiger partial charge in [0.05, 0.1) is 5.56 Å². The van der Waals surface area contributed by atoms with Crippen molar-refractivity contribution in [1.82, 2.24) is 10.2 Å². The molecule has 1 heterocycles. The molecule has 0 radical (unpaired) electrons. The van der Waals surface area contributed by atoms with E-state index in [0.29, 0.717) is 24.3 Å². The second-order valence-corrected chi connectivity index (χ2v) is 5.94. The molecule has 1 aliphatic rings. The third-order valence-electron chi connectivity index (χ3n) is 3.36. The highest BCUT2D eigenvalue weighted by molar-refractivity contribution is 9.10. The fourth-order valence-electron chi connectivity index (χ4n) is 2.47. The van der Waals surface area contributed by atoms with Gasteiger partial charge in [-0.25, -0.2) is 0 Å². The normalized spacial score (nSPS) is 18.7. The maximum atomic E-state index is 12.5. The third kappa shape index (κ3) is 3.50. The van der Waals surface area contributed by atoms with Gasteiger partial charge in [-0.05, 0) is 31.0 Å². The molecule has 1 unspecified atom stereocenters. The molecule has 0 saturated carbocycles. The second kappa shape index (κ2) is 6.26. The molecule has 0 bridgehead atoms. The maximum absolute atomic E-state index is 12.5. The van der Waals surface area contributed by atoms with E-state index >= 15 is 0 Å². The highest BCUT2D eigenvalue weighted by Crippen LogP contribution is 2.21. The molecule has 2 amide bonds. The first kappa shape index (κ1) is 14.8. The summed E-state index contributed by atoms with van der Waals surface area (Å²) in [6.45, 7) is 2.73. The van der Waals surface area contributed by atoms with Crippen LogP contribution >= 0.6 is 15.9 Å². The van der Waals surface area contributed by atoms with Crippen LogP contribution in [0.5, 0.6) is 0 Å². The summed E-state index contributed by atoms with van der Waals surface area (Å²) in [6, 6.07) is 5.28. The van der Waals surface area contributed by atoms with Gasteiger partial charge in [0.1, 0.15) is 0 Å². The van der Waals surface area contributed by atoms with Crippen LogP contribution in [0.3, 0.4) is 0 Å². The van der Waals surface area contributed by atoms with Crippen LogP contribution in [0, 0.1) is 0 Å². The number of nitrogen functional groups attached to an aromatic ring is 1. The number of carbonyl (C=O) groups excluding carboxylic acids is 2. The van der Waals surface area contributed by atoms with Gasteiger partial charge in [0.15, 0.2) is 0 Å². The highest BCUT2D eigenvalue weighted by Gasteiger charge is 2.25. The Morgan fingerprint density at radius 3 is 2.85 bits per heavy atom. The molecular formula is C14H18BrN3O2. The lowest BCUT2D eigenvalue weighted by molar-refractivity contribution is -0.120. The molecule has 2 rings (SSSR count). The van der Waals surface area contributed by atoms with Gasteiger partial charge in [-0.1, -0.05) is 15.9 Å². The number of benzene rings is 1. The van der Waals surface area contributed by atoms with Gasteiger partial charge in [-0.15, -0.1) is 0 Å². The Bertz CT molecular complexity index is 533. The van der Waals surface area contributed by atoms with Crippen molar-refractivity contribution in [3.63, 3.8) is 0 Å². The first-order chi connectivity index (χ1) is 9.47. The van der Waals surface area contributed by atoms with E-state index in [1.165, 1.54) is 6.92 Å². The molecule has 1 aliphatic heterocycles. The zero-order valence-electron chi connectivity index (χ0n) is 11.4. The summed E-state index contributed by atoms with van der Waals surface area (Å²) in [6.07, 6.45) is 1.78. The molecule has 1 fully saturated rings. The molecule has 0 aromatic heterocycles. The minimum atomic E-state index is -0.0787. The minimum absolute atomic E-state index is 0.0295. The molecule has 1 saturated heterocycles. The van der Waals surface area contributed by atoms with Gasteiger partial charge in [0.25, 0.3) is 5.91 Å². The molecule has 0 aliphatic carbocycles.